The summed E-state index contributed by atoms with van der Waals surface area (Å²) in [7, 11) is 1.48. The Bertz CT molecular complexity index is 582. The van der Waals surface area contributed by atoms with Crippen molar-refractivity contribution in [3.05, 3.63) is 23.3 Å². The second-order valence-electron chi connectivity index (χ2n) is 5.79. The molecular formula is C14H17F3N2O2. The summed E-state index contributed by atoms with van der Waals surface area (Å²) in [5.41, 5.74) is 6.99. The molecule has 1 aliphatic rings. The summed E-state index contributed by atoms with van der Waals surface area (Å²) in [4.78, 5) is 12.3. The van der Waals surface area contributed by atoms with Gasteiger partial charge in [-0.25, -0.2) is 0 Å². The Kier molecular flexibility index (Phi) is 3.55. The monoisotopic (exact) mass is 302 g/mol. The van der Waals surface area contributed by atoms with E-state index in [-0.39, 0.29) is 13.1 Å². The number of fused-ring (bicyclic) bond motifs is 1. The number of carbonyl (C=O) groups is 1. The van der Waals surface area contributed by atoms with Crippen molar-refractivity contribution in [3.63, 3.8) is 0 Å². The Labute approximate surface area is 120 Å². The van der Waals surface area contributed by atoms with E-state index in [0.717, 1.165) is 10.5 Å². The fourth-order valence-corrected chi connectivity index (χ4v) is 2.73. The first-order valence-electron chi connectivity index (χ1n) is 6.39. The standard InChI is InChI=1S/C14H17F3N2O2/c1-13(2)7-19(12(20)14(15,16)17)6-8-4-10(18)11(21-3)5-9(8)13/h4-5H,6-7,18H2,1-3H3. The third-order valence-corrected chi connectivity index (χ3v) is 3.66. The van der Waals surface area contributed by atoms with Crippen LogP contribution in [0.15, 0.2) is 12.1 Å². The van der Waals surface area contributed by atoms with Gasteiger partial charge in [-0.15, -0.1) is 0 Å². The van der Waals surface area contributed by atoms with Gasteiger partial charge in [-0.3, -0.25) is 4.79 Å². The van der Waals surface area contributed by atoms with Gasteiger partial charge in [0.25, 0.3) is 0 Å². The largest absolute Gasteiger partial charge is 0.495 e. The molecule has 1 aromatic rings. The smallest absolute Gasteiger partial charge is 0.471 e. The van der Waals surface area contributed by atoms with Crippen LogP contribution in [0.1, 0.15) is 25.0 Å². The number of carbonyl (C=O) groups excluding carboxylic acids is 1. The maximum Gasteiger partial charge on any atom is 0.471 e. The van der Waals surface area contributed by atoms with Gasteiger partial charge in [-0.1, -0.05) is 13.8 Å². The molecule has 0 aromatic heterocycles. The van der Waals surface area contributed by atoms with Crippen LogP contribution < -0.4 is 10.5 Å². The molecule has 0 radical (unpaired) electrons. The summed E-state index contributed by atoms with van der Waals surface area (Å²) in [6.45, 7) is 3.46. The van der Waals surface area contributed by atoms with Gasteiger partial charge >= 0.3 is 12.1 Å². The molecule has 0 unspecified atom stereocenters. The Hall–Kier alpha value is -1.92. The summed E-state index contributed by atoms with van der Waals surface area (Å²) in [6.07, 6.45) is -4.87. The molecule has 1 aromatic carbocycles. The highest BCUT2D eigenvalue weighted by atomic mass is 19.4. The Morgan fingerprint density at radius 3 is 2.52 bits per heavy atom. The summed E-state index contributed by atoms with van der Waals surface area (Å²) in [5.74, 6) is -1.34. The lowest BCUT2D eigenvalue weighted by Gasteiger charge is -2.40. The molecule has 116 valence electrons. The predicted octanol–water partition coefficient (Wildman–Crippen LogP) is 2.46. The Morgan fingerprint density at radius 2 is 2.00 bits per heavy atom. The van der Waals surface area contributed by atoms with E-state index in [9.17, 15) is 18.0 Å². The number of ether oxygens (including phenoxy) is 1. The van der Waals surface area contributed by atoms with Crippen molar-refractivity contribution in [1.82, 2.24) is 4.90 Å². The number of alkyl halides is 3. The van der Waals surface area contributed by atoms with Crippen LogP contribution in [-0.2, 0) is 16.8 Å². The first-order valence-corrected chi connectivity index (χ1v) is 6.39. The van der Waals surface area contributed by atoms with Crippen molar-refractivity contribution < 1.29 is 22.7 Å². The van der Waals surface area contributed by atoms with Crippen LogP contribution >= 0.6 is 0 Å². The number of nitrogens with two attached hydrogens (primary N) is 1. The summed E-state index contributed by atoms with van der Waals surface area (Å²) in [5, 5.41) is 0. The van der Waals surface area contributed by atoms with E-state index in [1.54, 1.807) is 26.0 Å². The van der Waals surface area contributed by atoms with Gasteiger partial charge in [0.1, 0.15) is 5.75 Å². The molecule has 0 bridgehead atoms. The summed E-state index contributed by atoms with van der Waals surface area (Å²) >= 11 is 0. The molecule has 1 heterocycles. The minimum Gasteiger partial charge on any atom is -0.495 e. The van der Waals surface area contributed by atoms with E-state index in [1.807, 2.05) is 0 Å². The normalized spacial score (nSPS) is 17.3. The van der Waals surface area contributed by atoms with Gasteiger partial charge in [-0.05, 0) is 23.3 Å². The number of rotatable bonds is 1. The Balaban J connectivity index is 2.45. The molecular weight excluding hydrogens is 285 g/mol. The van der Waals surface area contributed by atoms with Crippen LogP contribution in [0.2, 0.25) is 0 Å². The molecule has 21 heavy (non-hydrogen) atoms. The fourth-order valence-electron chi connectivity index (χ4n) is 2.73. The first kappa shape index (κ1) is 15.5. The SMILES string of the molecule is COc1cc2c(cc1N)CN(C(=O)C(F)(F)F)CC2(C)C. The van der Waals surface area contributed by atoms with Gasteiger partial charge in [0, 0.05) is 18.5 Å². The predicted molar refractivity (Wildman–Crippen MR) is 71.9 cm³/mol. The van der Waals surface area contributed by atoms with Crippen LogP contribution in [0, 0.1) is 0 Å². The van der Waals surface area contributed by atoms with E-state index in [1.165, 1.54) is 7.11 Å². The van der Waals surface area contributed by atoms with Crippen molar-refractivity contribution in [2.45, 2.75) is 32.0 Å². The van der Waals surface area contributed by atoms with E-state index in [2.05, 4.69) is 0 Å². The highest BCUT2D eigenvalue weighted by Crippen LogP contribution is 2.39. The van der Waals surface area contributed by atoms with Gasteiger partial charge in [0.15, 0.2) is 0 Å². The number of anilines is 1. The summed E-state index contributed by atoms with van der Waals surface area (Å²) in [6, 6.07) is 3.31. The number of hydrogen-bond acceptors (Lipinski definition) is 3. The molecule has 0 fully saturated rings. The van der Waals surface area contributed by atoms with Crippen molar-refractivity contribution in [1.29, 1.82) is 0 Å². The van der Waals surface area contributed by atoms with Crippen molar-refractivity contribution >= 4 is 11.6 Å². The van der Waals surface area contributed by atoms with Crippen LogP contribution in [0.4, 0.5) is 18.9 Å². The highest BCUT2D eigenvalue weighted by Gasteiger charge is 2.46. The zero-order chi connectivity index (χ0) is 16.0. The molecule has 0 saturated carbocycles. The highest BCUT2D eigenvalue weighted by molar-refractivity contribution is 5.82. The van der Waals surface area contributed by atoms with E-state index in [0.29, 0.717) is 17.0 Å². The zero-order valence-electron chi connectivity index (χ0n) is 12.0. The van der Waals surface area contributed by atoms with Crippen LogP contribution in [-0.4, -0.2) is 30.6 Å². The quantitative estimate of drug-likeness (QED) is 0.811. The number of nitrogens with zero attached hydrogens (tertiary/aromatic N) is 1. The zero-order valence-corrected chi connectivity index (χ0v) is 12.0. The van der Waals surface area contributed by atoms with Crippen molar-refractivity contribution in [3.8, 4) is 5.75 Å². The third kappa shape index (κ3) is 2.77. The molecule has 2 rings (SSSR count). The lowest BCUT2D eigenvalue weighted by molar-refractivity contribution is -0.187. The van der Waals surface area contributed by atoms with E-state index < -0.39 is 17.5 Å². The van der Waals surface area contributed by atoms with Crippen LogP contribution in [0.5, 0.6) is 5.75 Å². The molecule has 0 atom stereocenters. The number of halogens is 3. The molecule has 0 saturated heterocycles. The second kappa shape index (κ2) is 4.82. The van der Waals surface area contributed by atoms with Crippen LogP contribution in [0.3, 0.4) is 0 Å². The lowest BCUT2D eigenvalue weighted by Crippen LogP contribution is -2.49. The molecule has 0 aliphatic carbocycles. The van der Waals surface area contributed by atoms with Crippen molar-refractivity contribution in [2.24, 2.45) is 0 Å². The van der Waals surface area contributed by atoms with Crippen molar-refractivity contribution in [2.75, 3.05) is 19.4 Å². The van der Waals surface area contributed by atoms with Crippen LogP contribution in [0.25, 0.3) is 0 Å². The number of benzene rings is 1. The van der Waals surface area contributed by atoms with Gasteiger partial charge in [0.2, 0.25) is 0 Å². The third-order valence-electron chi connectivity index (χ3n) is 3.66. The summed E-state index contributed by atoms with van der Waals surface area (Å²) < 4.78 is 43.0. The molecule has 1 amide bonds. The maximum absolute atomic E-state index is 12.6. The first-order chi connectivity index (χ1) is 9.56. The maximum atomic E-state index is 12.6. The molecule has 4 nitrogen and oxygen atoms in total. The Morgan fingerprint density at radius 1 is 1.38 bits per heavy atom. The lowest BCUT2D eigenvalue weighted by atomic mass is 9.78. The molecule has 0 spiro atoms. The average molecular weight is 302 g/mol. The van der Waals surface area contributed by atoms with E-state index in [4.69, 9.17) is 10.5 Å². The van der Waals surface area contributed by atoms with E-state index >= 15 is 0 Å². The topological polar surface area (TPSA) is 55.6 Å². The fraction of sp³-hybridized carbons (Fsp3) is 0.500. The van der Waals surface area contributed by atoms with Gasteiger partial charge < -0.3 is 15.4 Å². The minimum absolute atomic E-state index is 0.00852. The molecule has 2 N–H and O–H groups in total. The minimum atomic E-state index is -4.87. The average Bonchev–Trinajstić information content (AvgIpc) is 2.35. The number of nitrogen functional groups attached to an aromatic ring is 1. The second-order valence-corrected chi connectivity index (χ2v) is 5.79. The number of amides is 1. The van der Waals surface area contributed by atoms with Gasteiger partial charge in [0.05, 0.1) is 12.8 Å². The number of hydrogen-bond donors (Lipinski definition) is 1. The van der Waals surface area contributed by atoms with Gasteiger partial charge in [-0.2, -0.15) is 13.2 Å². The molecule has 7 heteroatoms. The number of methoxy groups -OCH3 is 1. The molecule has 1 aliphatic heterocycles.